The van der Waals surface area contributed by atoms with Crippen molar-refractivity contribution in [3.63, 3.8) is 0 Å². The van der Waals surface area contributed by atoms with Crippen LogP contribution in [0.5, 0.6) is 0 Å². The lowest BCUT2D eigenvalue weighted by molar-refractivity contribution is 0.485. The molecule has 1 aliphatic heterocycles. The zero-order valence-electron chi connectivity index (χ0n) is 11.8. The van der Waals surface area contributed by atoms with E-state index >= 15 is 0 Å². The maximum absolute atomic E-state index is 8.74. The maximum Gasteiger partial charge on any atom is 0.237 e. The van der Waals surface area contributed by atoms with Gasteiger partial charge in [-0.05, 0) is 44.4 Å². The highest BCUT2D eigenvalue weighted by Crippen LogP contribution is 2.33. The van der Waals surface area contributed by atoms with Crippen LogP contribution in [0.4, 0.5) is 11.4 Å². The Morgan fingerprint density at radius 3 is 2.81 bits per heavy atom. The Morgan fingerprint density at radius 2 is 2.14 bits per heavy atom. The molecule has 6 heteroatoms. The molecule has 0 spiro atoms. The molecule has 0 aliphatic carbocycles. The monoisotopic (exact) mass is 301 g/mol. The summed E-state index contributed by atoms with van der Waals surface area (Å²) < 4.78 is 0. The molecule has 0 amide bonds. The molecule has 1 saturated heterocycles. The van der Waals surface area contributed by atoms with Gasteiger partial charge in [0.1, 0.15) is 12.1 Å². The first kappa shape index (κ1) is 15.2. The Bertz CT molecular complexity index is 610. The van der Waals surface area contributed by atoms with Crippen molar-refractivity contribution in [1.29, 1.82) is 10.5 Å². The second-order valence-electron chi connectivity index (χ2n) is 5.00. The number of hydrogen-bond acceptors (Lipinski definition) is 5. The van der Waals surface area contributed by atoms with Crippen LogP contribution in [0.1, 0.15) is 26.2 Å². The summed E-state index contributed by atoms with van der Waals surface area (Å²) in [6.07, 6.45) is 3.53. The van der Waals surface area contributed by atoms with Gasteiger partial charge in [-0.3, -0.25) is 5.43 Å². The van der Waals surface area contributed by atoms with Gasteiger partial charge >= 0.3 is 0 Å². The number of hydrazone groups is 1. The van der Waals surface area contributed by atoms with Gasteiger partial charge in [0, 0.05) is 17.6 Å². The van der Waals surface area contributed by atoms with Gasteiger partial charge in [-0.2, -0.15) is 15.6 Å². The largest absolute Gasteiger partial charge is 0.367 e. The molecule has 0 radical (unpaired) electrons. The molecule has 5 nitrogen and oxygen atoms in total. The van der Waals surface area contributed by atoms with Crippen LogP contribution >= 0.6 is 11.6 Å². The van der Waals surface area contributed by atoms with Crippen LogP contribution in [0.3, 0.4) is 0 Å². The first-order chi connectivity index (χ1) is 10.2. The fourth-order valence-corrected chi connectivity index (χ4v) is 2.67. The summed E-state index contributed by atoms with van der Waals surface area (Å²) in [5.74, 6) is 0. The molecule has 1 aromatic rings. The fourth-order valence-electron chi connectivity index (χ4n) is 2.50. The zero-order chi connectivity index (χ0) is 15.2. The number of halogens is 1. The topological polar surface area (TPSA) is 75.2 Å². The van der Waals surface area contributed by atoms with Crippen molar-refractivity contribution in [2.75, 3.05) is 16.9 Å². The van der Waals surface area contributed by atoms with Gasteiger partial charge in [-0.25, -0.2) is 0 Å². The minimum atomic E-state index is -0.215. The average molecular weight is 302 g/mol. The van der Waals surface area contributed by atoms with Crippen molar-refractivity contribution in [3.8, 4) is 12.1 Å². The molecule has 0 saturated carbocycles. The van der Waals surface area contributed by atoms with Crippen molar-refractivity contribution in [2.45, 2.75) is 32.2 Å². The van der Waals surface area contributed by atoms with E-state index in [1.165, 1.54) is 6.42 Å². The lowest BCUT2D eigenvalue weighted by atomic mass is 10.0. The predicted molar refractivity (Wildman–Crippen MR) is 84.4 cm³/mol. The van der Waals surface area contributed by atoms with Gasteiger partial charge in [-0.1, -0.05) is 11.6 Å². The Hall–Kier alpha value is -2.24. The predicted octanol–water partition coefficient (Wildman–Crippen LogP) is 3.53. The van der Waals surface area contributed by atoms with E-state index < -0.39 is 0 Å². The summed E-state index contributed by atoms with van der Waals surface area (Å²) in [7, 11) is 0. The van der Waals surface area contributed by atoms with Crippen LogP contribution < -0.4 is 10.3 Å². The maximum atomic E-state index is 8.74. The first-order valence-corrected chi connectivity index (χ1v) is 7.23. The van der Waals surface area contributed by atoms with E-state index in [0.29, 0.717) is 16.8 Å². The highest BCUT2D eigenvalue weighted by atomic mass is 35.5. The molecule has 108 valence electrons. The minimum absolute atomic E-state index is 0.215. The average Bonchev–Trinajstić information content (AvgIpc) is 2.49. The molecule has 2 rings (SSSR count). The van der Waals surface area contributed by atoms with Gasteiger partial charge in [0.15, 0.2) is 0 Å². The van der Waals surface area contributed by atoms with E-state index in [1.807, 2.05) is 12.1 Å². The lowest BCUT2D eigenvalue weighted by Gasteiger charge is -2.36. The quantitative estimate of drug-likeness (QED) is 0.684. The Kier molecular flexibility index (Phi) is 5.03. The summed E-state index contributed by atoms with van der Waals surface area (Å²) in [5.41, 5.74) is 4.27. The second-order valence-corrected chi connectivity index (χ2v) is 5.43. The van der Waals surface area contributed by atoms with Gasteiger partial charge in [0.05, 0.1) is 11.4 Å². The molecule has 1 aromatic carbocycles. The van der Waals surface area contributed by atoms with E-state index in [1.54, 1.807) is 18.2 Å². The van der Waals surface area contributed by atoms with Gasteiger partial charge in [0.25, 0.3) is 0 Å². The summed E-state index contributed by atoms with van der Waals surface area (Å²) in [6, 6.07) is 9.43. The highest BCUT2D eigenvalue weighted by Gasteiger charge is 2.21. The van der Waals surface area contributed by atoms with E-state index in [4.69, 9.17) is 22.1 Å². The summed E-state index contributed by atoms with van der Waals surface area (Å²) >= 11 is 6.04. The van der Waals surface area contributed by atoms with Crippen molar-refractivity contribution >= 4 is 28.7 Å². The van der Waals surface area contributed by atoms with E-state index in [9.17, 15) is 0 Å². The van der Waals surface area contributed by atoms with Crippen molar-refractivity contribution in [1.82, 2.24) is 0 Å². The van der Waals surface area contributed by atoms with E-state index in [0.717, 1.165) is 25.1 Å². The van der Waals surface area contributed by atoms with E-state index in [-0.39, 0.29) is 5.71 Å². The van der Waals surface area contributed by atoms with Gasteiger partial charge in [-0.15, -0.1) is 0 Å². The number of piperidine rings is 1. The normalized spacial score (nSPS) is 17.5. The fraction of sp³-hybridized carbons (Fsp3) is 0.400. The van der Waals surface area contributed by atoms with Crippen LogP contribution in [0, 0.1) is 22.7 Å². The zero-order valence-corrected chi connectivity index (χ0v) is 12.6. The SMILES string of the molecule is CC1CCCCN1c1ccc(Cl)cc1NN=C(C#N)C#N. The number of hydrogen-bond donors (Lipinski definition) is 1. The van der Waals surface area contributed by atoms with Crippen molar-refractivity contribution in [2.24, 2.45) is 5.10 Å². The van der Waals surface area contributed by atoms with Gasteiger partial charge in [0.2, 0.25) is 5.71 Å². The number of nitrogens with one attached hydrogen (secondary N) is 1. The summed E-state index contributed by atoms with van der Waals surface area (Å²) in [6.45, 7) is 3.17. The van der Waals surface area contributed by atoms with Crippen LogP contribution in [-0.4, -0.2) is 18.3 Å². The molecule has 0 aromatic heterocycles. The number of nitrogens with zero attached hydrogens (tertiary/aromatic N) is 4. The molecule has 21 heavy (non-hydrogen) atoms. The third kappa shape index (κ3) is 3.65. The molecular weight excluding hydrogens is 286 g/mol. The van der Waals surface area contributed by atoms with Crippen LogP contribution in [-0.2, 0) is 0 Å². The van der Waals surface area contributed by atoms with E-state index in [2.05, 4.69) is 22.4 Å². The molecule has 1 fully saturated rings. The molecule has 1 unspecified atom stereocenters. The van der Waals surface area contributed by atoms with Crippen LogP contribution in [0.2, 0.25) is 5.02 Å². The van der Waals surface area contributed by atoms with Gasteiger partial charge < -0.3 is 4.90 Å². The van der Waals surface area contributed by atoms with Crippen LogP contribution in [0.15, 0.2) is 23.3 Å². The Morgan fingerprint density at radius 1 is 1.38 bits per heavy atom. The molecule has 1 N–H and O–H groups in total. The minimum Gasteiger partial charge on any atom is -0.367 e. The highest BCUT2D eigenvalue weighted by molar-refractivity contribution is 6.31. The number of nitriles is 2. The number of rotatable bonds is 3. The number of anilines is 2. The molecular formula is C15H16ClN5. The second kappa shape index (κ2) is 6.97. The Labute approximate surface area is 129 Å². The smallest absolute Gasteiger partial charge is 0.237 e. The molecule has 1 heterocycles. The summed E-state index contributed by atoms with van der Waals surface area (Å²) in [5, 5.41) is 21.9. The lowest BCUT2D eigenvalue weighted by Crippen LogP contribution is -2.37. The Balaban J connectivity index is 2.32. The summed E-state index contributed by atoms with van der Waals surface area (Å²) in [4.78, 5) is 2.30. The number of benzene rings is 1. The molecule has 0 bridgehead atoms. The van der Waals surface area contributed by atoms with Crippen LogP contribution in [0.25, 0.3) is 0 Å². The molecule has 1 atom stereocenters. The van der Waals surface area contributed by atoms with Crippen molar-refractivity contribution < 1.29 is 0 Å². The molecule has 1 aliphatic rings. The third-order valence-corrected chi connectivity index (χ3v) is 3.81. The third-order valence-electron chi connectivity index (χ3n) is 3.57. The first-order valence-electron chi connectivity index (χ1n) is 6.86. The van der Waals surface area contributed by atoms with Crippen molar-refractivity contribution in [3.05, 3.63) is 23.2 Å². The standard InChI is InChI=1S/C15H16ClN5/c1-11-4-2-3-7-21(11)15-6-5-12(16)8-14(15)20-19-13(9-17)10-18/h5-6,8,11,20H,2-4,7H2,1H3.